The lowest BCUT2D eigenvalue weighted by atomic mass is 10.2. The molecular weight excluding hydrogens is 334 g/mol. The van der Waals surface area contributed by atoms with Gasteiger partial charge in [-0.15, -0.1) is 0 Å². The number of hydrogen-bond donors (Lipinski definition) is 1. The fraction of sp³-hybridized carbons (Fsp3) is 0.667. The molecule has 1 N–H and O–H groups in total. The number of aliphatic hydroxyl groups is 1. The summed E-state index contributed by atoms with van der Waals surface area (Å²) in [5.41, 5.74) is 0. The maximum absolute atomic E-state index is 12.7. The van der Waals surface area contributed by atoms with Gasteiger partial charge in [-0.1, -0.05) is 13.8 Å². The monoisotopic (exact) mass is 351 g/mol. The van der Waals surface area contributed by atoms with E-state index < -0.39 is 10.0 Å². The van der Waals surface area contributed by atoms with Crippen LogP contribution in [0.25, 0.3) is 0 Å². The van der Waals surface area contributed by atoms with Gasteiger partial charge in [-0.2, -0.15) is 4.31 Å². The minimum absolute atomic E-state index is 0.101. The molecule has 2 rings (SSSR count). The average Bonchev–Trinajstić information content (AvgIpc) is 3.08. The molecule has 1 saturated carbocycles. The summed E-state index contributed by atoms with van der Waals surface area (Å²) in [6, 6.07) is 1.49. The van der Waals surface area contributed by atoms with Crippen LogP contribution in [-0.2, 0) is 16.6 Å². The summed E-state index contributed by atoms with van der Waals surface area (Å²) < 4.78 is 32.2. The lowest BCUT2D eigenvalue weighted by Crippen LogP contribution is -2.36. The van der Waals surface area contributed by atoms with Crippen molar-refractivity contribution in [2.24, 2.45) is 5.92 Å². The molecule has 1 aromatic rings. The normalized spacial score (nSPS) is 16.5. The van der Waals surface area contributed by atoms with E-state index in [0.717, 1.165) is 12.8 Å². The fourth-order valence-electron chi connectivity index (χ4n) is 1.94. The zero-order valence-corrected chi connectivity index (χ0v) is 13.4. The summed E-state index contributed by atoms with van der Waals surface area (Å²) in [7, 11) is -3.57. The Bertz CT molecular complexity index is 548. The molecule has 0 aromatic carbocycles. The van der Waals surface area contributed by atoms with Gasteiger partial charge in [0.05, 0.1) is 0 Å². The van der Waals surface area contributed by atoms with Gasteiger partial charge < -0.3 is 9.52 Å². The molecule has 0 atom stereocenters. The molecule has 0 unspecified atom stereocenters. The summed E-state index contributed by atoms with van der Waals surface area (Å²) >= 11 is 3.11. The number of halogens is 1. The first-order chi connectivity index (χ1) is 8.86. The number of aliphatic hydroxyl groups excluding tert-OH is 1. The topological polar surface area (TPSA) is 70.8 Å². The summed E-state index contributed by atoms with van der Waals surface area (Å²) in [5, 5.41) is 9.02. The number of nitrogens with zero attached hydrogens (tertiary/aromatic N) is 1. The van der Waals surface area contributed by atoms with Gasteiger partial charge in [0.2, 0.25) is 10.0 Å². The Labute approximate surface area is 121 Å². The Kier molecular flexibility index (Phi) is 4.39. The molecule has 0 radical (unpaired) electrons. The third-order valence-electron chi connectivity index (χ3n) is 2.95. The highest BCUT2D eigenvalue weighted by atomic mass is 79.9. The standard InChI is InChI=1S/C12H18BrNO4S/c1-8(2)6-14(9-3-4-9)19(16,17)11-5-10(7-15)18-12(11)13/h5,8-9,15H,3-4,6-7H2,1-2H3. The maximum atomic E-state index is 12.7. The average molecular weight is 352 g/mol. The predicted molar refractivity (Wildman–Crippen MR) is 74.1 cm³/mol. The van der Waals surface area contributed by atoms with E-state index in [1.165, 1.54) is 6.07 Å². The van der Waals surface area contributed by atoms with Crippen LogP contribution in [0.5, 0.6) is 0 Å². The van der Waals surface area contributed by atoms with Crippen molar-refractivity contribution >= 4 is 26.0 Å². The smallest absolute Gasteiger partial charge is 0.247 e. The van der Waals surface area contributed by atoms with Crippen LogP contribution in [0.4, 0.5) is 0 Å². The van der Waals surface area contributed by atoms with Crippen LogP contribution in [0.1, 0.15) is 32.4 Å². The number of hydrogen-bond acceptors (Lipinski definition) is 4. The molecule has 1 aliphatic carbocycles. The van der Waals surface area contributed by atoms with Gasteiger partial charge in [-0.25, -0.2) is 8.42 Å². The number of rotatable bonds is 6. The second kappa shape index (κ2) is 5.55. The minimum atomic E-state index is -3.57. The van der Waals surface area contributed by atoms with Gasteiger partial charge in [-0.3, -0.25) is 0 Å². The van der Waals surface area contributed by atoms with Gasteiger partial charge >= 0.3 is 0 Å². The number of furan rings is 1. The van der Waals surface area contributed by atoms with Crippen LogP contribution in [0, 0.1) is 5.92 Å². The molecule has 1 fully saturated rings. The Balaban J connectivity index is 2.35. The SMILES string of the molecule is CC(C)CN(C1CC1)S(=O)(=O)c1cc(CO)oc1Br. The quantitative estimate of drug-likeness (QED) is 0.853. The Morgan fingerprint density at radius 1 is 1.53 bits per heavy atom. The highest BCUT2D eigenvalue weighted by Gasteiger charge is 2.40. The van der Waals surface area contributed by atoms with Crippen molar-refractivity contribution in [1.82, 2.24) is 4.31 Å². The highest BCUT2D eigenvalue weighted by molar-refractivity contribution is 9.10. The van der Waals surface area contributed by atoms with Crippen molar-refractivity contribution in [2.45, 2.75) is 44.2 Å². The molecular formula is C12H18BrNO4S. The lowest BCUT2D eigenvalue weighted by Gasteiger charge is -2.23. The summed E-state index contributed by atoms with van der Waals surface area (Å²) in [6.07, 6.45) is 1.82. The molecule has 108 valence electrons. The first kappa shape index (κ1) is 15.0. The maximum Gasteiger partial charge on any atom is 0.247 e. The molecule has 0 aliphatic heterocycles. The second-order valence-corrected chi connectivity index (χ2v) is 7.79. The van der Waals surface area contributed by atoms with Gasteiger partial charge in [0, 0.05) is 18.7 Å². The van der Waals surface area contributed by atoms with Crippen LogP contribution < -0.4 is 0 Å². The molecule has 1 aromatic heterocycles. The summed E-state index contributed by atoms with van der Waals surface area (Å²) in [6.45, 7) is 4.17. The van der Waals surface area contributed by atoms with Crippen molar-refractivity contribution in [3.8, 4) is 0 Å². The molecule has 5 nitrogen and oxygen atoms in total. The first-order valence-corrected chi connectivity index (χ1v) is 8.50. The van der Waals surface area contributed by atoms with Crippen molar-refractivity contribution in [3.05, 3.63) is 16.5 Å². The van der Waals surface area contributed by atoms with Gasteiger partial charge in [-0.05, 0) is 34.7 Å². The fourth-order valence-corrected chi connectivity index (χ4v) is 4.76. The van der Waals surface area contributed by atoms with E-state index in [-0.39, 0.29) is 33.9 Å². The Morgan fingerprint density at radius 2 is 2.16 bits per heavy atom. The van der Waals surface area contributed by atoms with Gasteiger partial charge in [0.25, 0.3) is 0 Å². The Hall–Kier alpha value is -0.370. The van der Waals surface area contributed by atoms with Gasteiger partial charge in [0.1, 0.15) is 17.3 Å². The van der Waals surface area contributed by atoms with E-state index in [9.17, 15) is 8.42 Å². The third kappa shape index (κ3) is 3.21. The van der Waals surface area contributed by atoms with Gasteiger partial charge in [0.15, 0.2) is 4.67 Å². The first-order valence-electron chi connectivity index (χ1n) is 6.27. The largest absolute Gasteiger partial charge is 0.450 e. The van der Waals surface area contributed by atoms with Crippen LogP contribution >= 0.6 is 15.9 Å². The summed E-state index contributed by atoms with van der Waals surface area (Å²) in [5.74, 6) is 0.504. The van der Waals surface area contributed by atoms with E-state index in [0.29, 0.717) is 6.54 Å². The Morgan fingerprint density at radius 3 is 2.58 bits per heavy atom. The molecule has 0 saturated heterocycles. The molecule has 1 heterocycles. The van der Waals surface area contributed by atoms with Crippen LogP contribution in [0.2, 0.25) is 0 Å². The molecule has 0 spiro atoms. The van der Waals surface area contributed by atoms with Crippen LogP contribution in [0.3, 0.4) is 0 Å². The third-order valence-corrected chi connectivity index (χ3v) is 5.72. The van der Waals surface area contributed by atoms with Crippen molar-refractivity contribution < 1.29 is 17.9 Å². The lowest BCUT2D eigenvalue weighted by molar-refractivity contribution is 0.245. The van der Waals surface area contributed by atoms with E-state index in [1.807, 2.05) is 13.8 Å². The zero-order chi connectivity index (χ0) is 14.2. The van der Waals surface area contributed by atoms with Crippen molar-refractivity contribution in [1.29, 1.82) is 0 Å². The predicted octanol–water partition coefficient (Wildman–Crippen LogP) is 2.34. The van der Waals surface area contributed by atoms with E-state index in [1.54, 1.807) is 4.31 Å². The second-order valence-electron chi connectivity index (χ2n) is 5.21. The molecule has 0 bridgehead atoms. The zero-order valence-electron chi connectivity index (χ0n) is 11.0. The highest BCUT2D eigenvalue weighted by Crippen LogP contribution is 2.36. The molecule has 0 amide bonds. The molecule has 19 heavy (non-hydrogen) atoms. The van der Waals surface area contributed by atoms with Crippen molar-refractivity contribution in [3.63, 3.8) is 0 Å². The molecule has 1 aliphatic rings. The summed E-state index contributed by atoms with van der Waals surface area (Å²) in [4.78, 5) is 0.101. The van der Waals surface area contributed by atoms with E-state index in [4.69, 9.17) is 9.52 Å². The van der Waals surface area contributed by atoms with Crippen molar-refractivity contribution in [2.75, 3.05) is 6.54 Å². The van der Waals surface area contributed by atoms with E-state index >= 15 is 0 Å². The minimum Gasteiger partial charge on any atom is -0.450 e. The van der Waals surface area contributed by atoms with Crippen LogP contribution in [-0.4, -0.2) is 30.4 Å². The van der Waals surface area contributed by atoms with Crippen LogP contribution in [0.15, 0.2) is 20.0 Å². The van der Waals surface area contributed by atoms with E-state index in [2.05, 4.69) is 15.9 Å². The molecule has 7 heteroatoms. The number of sulfonamides is 1.